The Kier molecular flexibility index (Phi) is 8.38. The van der Waals surface area contributed by atoms with E-state index in [4.69, 9.17) is 4.74 Å². The Morgan fingerprint density at radius 2 is 1.74 bits per heavy atom. The van der Waals surface area contributed by atoms with Crippen molar-refractivity contribution in [2.45, 2.75) is 57.8 Å². The second kappa shape index (κ2) is 11.7. The number of fused-ring (bicyclic) bond motifs is 1. The summed E-state index contributed by atoms with van der Waals surface area (Å²) in [7, 11) is 0. The van der Waals surface area contributed by atoms with Gasteiger partial charge in [-0.05, 0) is 68.9 Å². The van der Waals surface area contributed by atoms with Crippen LogP contribution in [0, 0.1) is 31.6 Å². The third kappa shape index (κ3) is 4.81. The number of amides is 3. The predicted octanol–water partition coefficient (Wildman–Crippen LogP) is 4.43. The number of rotatable bonds is 11. The predicted molar refractivity (Wildman–Crippen MR) is 168 cm³/mol. The van der Waals surface area contributed by atoms with Crippen LogP contribution in [0.3, 0.4) is 0 Å². The summed E-state index contributed by atoms with van der Waals surface area (Å²) < 4.78 is 6.94. The molecule has 3 aliphatic rings. The van der Waals surface area contributed by atoms with E-state index in [0.717, 1.165) is 16.8 Å². The normalized spacial score (nSPS) is 29.0. The number of aryl methyl sites for hydroxylation is 2. The minimum absolute atomic E-state index is 0.0893. The highest BCUT2D eigenvalue weighted by atomic mass is 16.5. The quantitative estimate of drug-likeness (QED) is 0.394. The van der Waals surface area contributed by atoms with E-state index in [1.54, 1.807) is 26.9 Å². The summed E-state index contributed by atoms with van der Waals surface area (Å²) in [5.41, 5.74) is 1.25. The van der Waals surface area contributed by atoms with Crippen molar-refractivity contribution in [3.05, 3.63) is 85.0 Å². The largest absolute Gasteiger partial charge is 0.396 e. The molecule has 3 aliphatic heterocycles. The van der Waals surface area contributed by atoms with Gasteiger partial charge >= 0.3 is 0 Å². The van der Waals surface area contributed by atoms with Crippen molar-refractivity contribution in [2.24, 2.45) is 17.8 Å². The number of likely N-dealkylation sites (tertiary alicyclic amines) is 1. The molecule has 1 spiro atoms. The first-order valence-corrected chi connectivity index (χ1v) is 15.1. The standard InChI is InChI=1S/C35H43N3O5/c1-7-17-36(26-13-10-9-11-14-26)31(40)28-29-32(41)38(19-12-20-39)30(35(29)22-25(5)34(28,6)43-35)33(42)37(18-8-2)27-21-23(3)15-16-24(27)4/h7-11,13-16,21,25,28-30,39H,1-2,12,17-20,22H2,3-6H3/t25?,28-,29+,30?,34+,35?/m1/s1. The van der Waals surface area contributed by atoms with Gasteiger partial charge in [-0.2, -0.15) is 0 Å². The number of nitrogens with zero attached hydrogens (tertiary/aromatic N) is 3. The van der Waals surface area contributed by atoms with Crippen LogP contribution >= 0.6 is 0 Å². The molecule has 6 atom stereocenters. The van der Waals surface area contributed by atoms with Crippen LogP contribution in [-0.2, 0) is 19.1 Å². The Morgan fingerprint density at radius 3 is 2.40 bits per heavy atom. The maximum Gasteiger partial charge on any atom is 0.253 e. The zero-order valence-corrected chi connectivity index (χ0v) is 25.7. The van der Waals surface area contributed by atoms with Gasteiger partial charge in [-0.1, -0.05) is 49.4 Å². The Hall–Kier alpha value is -3.75. The molecular formula is C35H43N3O5. The van der Waals surface area contributed by atoms with E-state index in [0.29, 0.717) is 18.5 Å². The maximum atomic E-state index is 14.8. The number of carbonyl (C=O) groups is 3. The van der Waals surface area contributed by atoms with E-state index in [2.05, 4.69) is 13.2 Å². The zero-order valence-electron chi connectivity index (χ0n) is 25.7. The number of benzene rings is 2. The first-order valence-electron chi connectivity index (χ1n) is 15.1. The maximum absolute atomic E-state index is 14.8. The molecule has 0 saturated carbocycles. The highest BCUT2D eigenvalue weighted by Gasteiger charge is 2.80. The van der Waals surface area contributed by atoms with Crippen LogP contribution in [0.1, 0.15) is 37.8 Å². The Labute approximate surface area is 254 Å². The van der Waals surface area contributed by atoms with Crippen molar-refractivity contribution in [1.29, 1.82) is 0 Å². The fraction of sp³-hybridized carbons (Fsp3) is 0.457. The van der Waals surface area contributed by atoms with Crippen molar-refractivity contribution in [3.63, 3.8) is 0 Å². The lowest BCUT2D eigenvalue weighted by atomic mass is 9.62. The number of carbonyl (C=O) groups excluding carboxylic acids is 3. The third-order valence-corrected chi connectivity index (χ3v) is 9.75. The van der Waals surface area contributed by atoms with Gasteiger partial charge in [0.2, 0.25) is 11.8 Å². The van der Waals surface area contributed by atoms with Crippen LogP contribution in [0.5, 0.6) is 0 Å². The van der Waals surface area contributed by atoms with Gasteiger partial charge < -0.3 is 24.5 Å². The van der Waals surface area contributed by atoms with E-state index in [-0.39, 0.29) is 49.9 Å². The molecule has 3 saturated heterocycles. The van der Waals surface area contributed by atoms with Crippen molar-refractivity contribution >= 4 is 29.1 Å². The van der Waals surface area contributed by atoms with Crippen LogP contribution in [-0.4, -0.2) is 71.2 Å². The third-order valence-electron chi connectivity index (χ3n) is 9.75. The molecule has 0 aliphatic carbocycles. The molecule has 8 heteroatoms. The lowest BCUT2D eigenvalue weighted by molar-refractivity contribution is -0.146. The summed E-state index contributed by atoms with van der Waals surface area (Å²) in [5, 5.41) is 9.74. The van der Waals surface area contributed by atoms with E-state index >= 15 is 0 Å². The molecular weight excluding hydrogens is 542 g/mol. The Balaban J connectivity index is 1.63. The molecule has 0 radical (unpaired) electrons. The summed E-state index contributed by atoms with van der Waals surface area (Å²) in [4.78, 5) is 48.8. The van der Waals surface area contributed by atoms with Crippen molar-refractivity contribution in [2.75, 3.05) is 36.0 Å². The summed E-state index contributed by atoms with van der Waals surface area (Å²) in [6, 6.07) is 14.4. The molecule has 2 bridgehead atoms. The van der Waals surface area contributed by atoms with Crippen LogP contribution in [0.15, 0.2) is 73.8 Å². The number of aliphatic hydroxyl groups excluding tert-OH is 1. The van der Waals surface area contributed by atoms with E-state index in [1.165, 1.54) is 0 Å². The Morgan fingerprint density at radius 1 is 1.07 bits per heavy atom. The van der Waals surface area contributed by atoms with Crippen molar-refractivity contribution < 1.29 is 24.2 Å². The Bertz CT molecular complexity index is 1430. The van der Waals surface area contributed by atoms with Gasteiger partial charge in [0, 0.05) is 37.6 Å². The van der Waals surface area contributed by atoms with Gasteiger partial charge in [0.1, 0.15) is 11.6 Å². The highest BCUT2D eigenvalue weighted by Crippen LogP contribution is 2.65. The number of para-hydroxylation sites is 1. The summed E-state index contributed by atoms with van der Waals surface area (Å²) in [5.74, 6) is -2.48. The molecule has 228 valence electrons. The molecule has 3 heterocycles. The van der Waals surface area contributed by atoms with Crippen molar-refractivity contribution in [1.82, 2.24) is 4.90 Å². The lowest BCUT2D eigenvalue weighted by Gasteiger charge is -2.39. The summed E-state index contributed by atoms with van der Waals surface area (Å²) >= 11 is 0. The molecule has 1 N–H and O–H groups in total. The number of ether oxygens (including phenoxy) is 1. The number of hydrogen-bond acceptors (Lipinski definition) is 5. The number of hydrogen-bond donors (Lipinski definition) is 1. The smallest absolute Gasteiger partial charge is 0.253 e. The topological polar surface area (TPSA) is 90.4 Å². The molecule has 5 rings (SSSR count). The van der Waals surface area contributed by atoms with E-state index < -0.39 is 29.1 Å². The van der Waals surface area contributed by atoms with E-state index in [1.807, 2.05) is 76.2 Å². The van der Waals surface area contributed by atoms with Gasteiger partial charge in [-0.3, -0.25) is 14.4 Å². The fourth-order valence-corrected chi connectivity index (χ4v) is 7.70. The number of anilines is 2. The van der Waals surface area contributed by atoms with Crippen LogP contribution in [0.25, 0.3) is 0 Å². The minimum Gasteiger partial charge on any atom is -0.396 e. The van der Waals surface area contributed by atoms with Crippen LogP contribution < -0.4 is 9.80 Å². The average molecular weight is 586 g/mol. The van der Waals surface area contributed by atoms with Gasteiger partial charge in [-0.25, -0.2) is 0 Å². The van der Waals surface area contributed by atoms with Gasteiger partial charge in [-0.15, -0.1) is 13.2 Å². The molecule has 8 nitrogen and oxygen atoms in total. The SMILES string of the molecule is C=CCN(C(=O)[C@H]1[C@H]2C(=O)N(CCCO)C(C(=O)N(CC=C)c3cc(C)ccc3C)C23CC(C)[C@]1(C)O3)c1ccccc1. The summed E-state index contributed by atoms with van der Waals surface area (Å²) in [6.45, 7) is 16.2. The fourth-order valence-electron chi connectivity index (χ4n) is 7.70. The second-order valence-electron chi connectivity index (χ2n) is 12.4. The molecule has 2 aromatic carbocycles. The van der Waals surface area contributed by atoms with Gasteiger partial charge in [0.05, 0.1) is 17.4 Å². The number of aliphatic hydroxyl groups is 1. The van der Waals surface area contributed by atoms with Gasteiger partial charge in [0.15, 0.2) is 0 Å². The first kappa shape index (κ1) is 30.7. The molecule has 2 aromatic rings. The minimum atomic E-state index is -1.19. The first-order chi connectivity index (χ1) is 20.5. The van der Waals surface area contributed by atoms with Crippen LogP contribution in [0.2, 0.25) is 0 Å². The monoisotopic (exact) mass is 585 g/mol. The van der Waals surface area contributed by atoms with Gasteiger partial charge in [0.25, 0.3) is 5.91 Å². The zero-order chi connectivity index (χ0) is 31.1. The molecule has 3 amide bonds. The van der Waals surface area contributed by atoms with E-state index in [9.17, 15) is 19.5 Å². The van der Waals surface area contributed by atoms with Crippen LogP contribution in [0.4, 0.5) is 11.4 Å². The molecule has 43 heavy (non-hydrogen) atoms. The molecule has 3 unspecified atom stereocenters. The second-order valence-corrected chi connectivity index (χ2v) is 12.4. The lowest BCUT2D eigenvalue weighted by Crippen LogP contribution is -2.57. The molecule has 0 aromatic heterocycles. The molecule has 3 fully saturated rings. The highest BCUT2D eigenvalue weighted by molar-refractivity contribution is 6.07. The summed E-state index contributed by atoms with van der Waals surface area (Å²) in [6.07, 6.45) is 4.13. The average Bonchev–Trinajstić information content (AvgIpc) is 3.50. The van der Waals surface area contributed by atoms with Crippen molar-refractivity contribution in [3.8, 4) is 0 Å².